The average molecular weight is 345 g/mol. The van der Waals surface area contributed by atoms with Crippen LogP contribution >= 0.6 is 11.8 Å². The highest BCUT2D eigenvalue weighted by Gasteiger charge is 2.37. The normalized spacial score (nSPS) is 19.5. The van der Waals surface area contributed by atoms with Gasteiger partial charge in [0.05, 0.1) is 0 Å². The van der Waals surface area contributed by atoms with E-state index in [-0.39, 0.29) is 11.5 Å². The van der Waals surface area contributed by atoms with Gasteiger partial charge in [-0.3, -0.25) is 4.90 Å². The number of hydrogen-bond acceptors (Lipinski definition) is 4. The van der Waals surface area contributed by atoms with Crippen molar-refractivity contribution in [1.82, 2.24) is 4.90 Å². The SMILES string of the molecule is CC(C)(C)OC(=O)N1CCS[C@@H]1[C@@H](O)c1ccc2ccccc2c1. The van der Waals surface area contributed by atoms with Crippen molar-refractivity contribution in [2.45, 2.75) is 37.9 Å². The molecule has 1 amide bonds. The highest BCUT2D eigenvalue weighted by atomic mass is 32.2. The molecule has 1 N–H and O–H groups in total. The number of aliphatic hydroxyl groups is 1. The Morgan fingerprint density at radius 3 is 2.67 bits per heavy atom. The van der Waals surface area contributed by atoms with Crippen LogP contribution in [0.3, 0.4) is 0 Å². The molecule has 2 aromatic carbocycles. The minimum absolute atomic E-state index is 0.319. The van der Waals surface area contributed by atoms with Crippen molar-refractivity contribution in [2.24, 2.45) is 0 Å². The van der Waals surface area contributed by atoms with Crippen molar-refractivity contribution in [3.05, 3.63) is 48.0 Å². The van der Waals surface area contributed by atoms with E-state index in [9.17, 15) is 9.90 Å². The number of amides is 1. The molecule has 1 heterocycles. The Morgan fingerprint density at radius 2 is 1.96 bits per heavy atom. The first-order valence-electron chi connectivity index (χ1n) is 8.13. The topological polar surface area (TPSA) is 49.8 Å². The Bertz CT molecular complexity index is 741. The molecule has 24 heavy (non-hydrogen) atoms. The lowest BCUT2D eigenvalue weighted by Gasteiger charge is -2.30. The second kappa shape index (κ2) is 6.65. The first-order valence-corrected chi connectivity index (χ1v) is 9.18. The van der Waals surface area contributed by atoms with E-state index in [1.807, 2.05) is 63.2 Å². The summed E-state index contributed by atoms with van der Waals surface area (Å²) in [5.41, 5.74) is 0.282. The lowest BCUT2D eigenvalue weighted by molar-refractivity contribution is 0.0133. The summed E-state index contributed by atoms with van der Waals surface area (Å²) >= 11 is 1.59. The maximum atomic E-state index is 12.4. The van der Waals surface area contributed by atoms with Gasteiger partial charge >= 0.3 is 6.09 Å². The molecule has 0 bridgehead atoms. The molecule has 0 aliphatic carbocycles. The van der Waals surface area contributed by atoms with E-state index in [2.05, 4.69) is 0 Å². The van der Waals surface area contributed by atoms with Crippen LogP contribution in [0.1, 0.15) is 32.4 Å². The van der Waals surface area contributed by atoms with Crippen LogP contribution in [-0.4, -0.2) is 39.4 Å². The van der Waals surface area contributed by atoms with E-state index in [4.69, 9.17) is 4.74 Å². The summed E-state index contributed by atoms with van der Waals surface area (Å²) in [6.07, 6.45) is -1.10. The fraction of sp³-hybridized carbons (Fsp3) is 0.421. The average Bonchev–Trinajstić information content (AvgIpc) is 3.02. The molecule has 2 atom stereocenters. The molecule has 1 aliphatic heterocycles. The van der Waals surface area contributed by atoms with Crippen LogP contribution in [0.25, 0.3) is 10.8 Å². The van der Waals surface area contributed by atoms with Crippen LogP contribution in [0.2, 0.25) is 0 Å². The van der Waals surface area contributed by atoms with E-state index >= 15 is 0 Å². The van der Waals surface area contributed by atoms with Crippen LogP contribution in [-0.2, 0) is 4.74 Å². The van der Waals surface area contributed by atoms with Gasteiger partial charge in [0, 0.05) is 12.3 Å². The van der Waals surface area contributed by atoms with E-state index in [1.54, 1.807) is 16.7 Å². The molecule has 0 saturated carbocycles. The summed E-state index contributed by atoms with van der Waals surface area (Å²) in [6, 6.07) is 14.0. The van der Waals surface area contributed by atoms with Crippen LogP contribution in [0.4, 0.5) is 4.79 Å². The smallest absolute Gasteiger partial charge is 0.411 e. The predicted octanol–water partition coefficient (Wildman–Crippen LogP) is 4.18. The van der Waals surface area contributed by atoms with Gasteiger partial charge in [-0.25, -0.2) is 4.79 Å². The van der Waals surface area contributed by atoms with Gasteiger partial charge in [0.2, 0.25) is 0 Å². The fourth-order valence-corrected chi connectivity index (χ4v) is 4.08. The Balaban J connectivity index is 1.81. The summed E-state index contributed by atoms with van der Waals surface area (Å²) in [7, 11) is 0. The third kappa shape index (κ3) is 3.68. The first kappa shape index (κ1) is 17.1. The molecule has 1 saturated heterocycles. The number of carbonyl (C=O) groups excluding carboxylic acids is 1. The van der Waals surface area contributed by atoms with E-state index in [0.717, 1.165) is 22.1 Å². The largest absolute Gasteiger partial charge is 0.444 e. The molecular weight excluding hydrogens is 322 g/mol. The van der Waals surface area contributed by atoms with Crippen LogP contribution in [0, 0.1) is 0 Å². The zero-order valence-corrected chi connectivity index (χ0v) is 15.0. The molecule has 4 nitrogen and oxygen atoms in total. The summed E-state index contributed by atoms with van der Waals surface area (Å²) in [6.45, 7) is 6.14. The van der Waals surface area contributed by atoms with Gasteiger partial charge in [-0.15, -0.1) is 11.8 Å². The van der Waals surface area contributed by atoms with Crippen molar-refractivity contribution in [3.8, 4) is 0 Å². The third-order valence-electron chi connectivity index (χ3n) is 3.94. The standard InChI is InChI=1S/C19H23NO3S/c1-19(2,3)23-18(22)20-10-11-24-17(20)16(21)15-9-8-13-6-4-5-7-14(13)12-15/h4-9,12,16-17,21H,10-11H2,1-3H3/t16-,17+/m0/s1. The van der Waals surface area contributed by atoms with Gasteiger partial charge in [-0.05, 0) is 43.2 Å². The van der Waals surface area contributed by atoms with Crippen LogP contribution in [0.5, 0.6) is 0 Å². The Morgan fingerprint density at radius 1 is 1.25 bits per heavy atom. The number of rotatable bonds is 2. The number of carbonyl (C=O) groups is 1. The molecular formula is C19H23NO3S. The number of ether oxygens (including phenoxy) is 1. The Hall–Kier alpha value is -1.72. The molecule has 1 aliphatic rings. The minimum Gasteiger partial charge on any atom is -0.444 e. The predicted molar refractivity (Wildman–Crippen MR) is 98.1 cm³/mol. The number of aliphatic hydroxyl groups excluding tert-OH is 1. The Labute approximate surface area is 146 Å². The van der Waals surface area contributed by atoms with Gasteiger partial charge in [-0.1, -0.05) is 36.4 Å². The number of nitrogens with zero attached hydrogens (tertiary/aromatic N) is 1. The second-order valence-corrected chi connectivity index (χ2v) is 8.21. The van der Waals surface area contributed by atoms with Crippen molar-refractivity contribution >= 4 is 28.6 Å². The highest BCUT2D eigenvalue weighted by molar-refractivity contribution is 8.00. The molecule has 0 radical (unpaired) electrons. The van der Waals surface area contributed by atoms with E-state index < -0.39 is 11.7 Å². The first-order chi connectivity index (χ1) is 11.3. The molecule has 1 fully saturated rings. The van der Waals surface area contributed by atoms with E-state index in [0.29, 0.717) is 6.54 Å². The second-order valence-electron chi connectivity index (χ2n) is 6.99. The molecule has 0 spiro atoms. The van der Waals surface area contributed by atoms with Gasteiger partial charge < -0.3 is 9.84 Å². The third-order valence-corrected chi connectivity index (χ3v) is 5.21. The lowest BCUT2D eigenvalue weighted by Crippen LogP contribution is -2.41. The summed E-state index contributed by atoms with van der Waals surface area (Å²) in [4.78, 5) is 14.0. The summed E-state index contributed by atoms with van der Waals surface area (Å²) in [5, 5.41) is 12.7. The van der Waals surface area contributed by atoms with Crippen molar-refractivity contribution in [1.29, 1.82) is 0 Å². The zero-order chi connectivity index (χ0) is 17.3. The lowest BCUT2D eigenvalue weighted by atomic mass is 10.0. The number of fused-ring (bicyclic) bond motifs is 1. The van der Waals surface area contributed by atoms with Crippen molar-refractivity contribution < 1.29 is 14.6 Å². The maximum Gasteiger partial charge on any atom is 0.411 e. The maximum absolute atomic E-state index is 12.4. The van der Waals surface area contributed by atoms with Gasteiger partial charge in [0.1, 0.15) is 17.1 Å². The number of benzene rings is 2. The van der Waals surface area contributed by atoms with Crippen molar-refractivity contribution in [3.63, 3.8) is 0 Å². The van der Waals surface area contributed by atoms with Gasteiger partial charge in [0.15, 0.2) is 0 Å². The highest BCUT2D eigenvalue weighted by Crippen LogP contribution is 2.36. The van der Waals surface area contributed by atoms with E-state index in [1.165, 1.54) is 0 Å². The zero-order valence-electron chi connectivity index (χ0n) is 14.2. The fourth-order valence-electron chi connectivity index (χ4n) is 2.82. The molecule has 3 rings (SSSR count). The number of thioether (sulfide) groups is 1. The van der Waals surface area contributed by atoms with Crippen molar-refractivity contribution in [2.75, 3.05) is 12.3 Å². The molecule has 0 unspecified atom stereocenters. The number of hydrogen-bond donors (Lipinski definition) is 1. The minimum atomic E-state index is -0.741. The quantitative estimate of drug-likeness (QED) is 0.887. The monoisotopic (exact) mass is 345 g/mol. The van der Waals surface area contributed by atoms with Gasteiger partial charge in [-0.2, -0.15) is 0 Å². The molecule has 2 aromatic rings. The summed E-state index contributed by atoms with van der Waals surface area (Å²) in [5.74, 6) is 0.800. The molecule has 128 valence electrons. The molecule has 5 heteroatoms. The Kier molecular flexibility index (Phi) is 4.74. The summed E-state index contributed by atoms with van der Waals surface area (Å²) < 4.78 is 5.47. The van der Waals surface area contributed by atoms with Crippen LogP contribution in [0.15, 0.2) is 42.5 Å². The van der Waals surface area contributed by atoms with Gasteiger partial charge in [0.25, 0.3) is 0 Å². The molecule has 0 aromatic heterocycles. The van der Waals surface area contributed by atoms with Crippen LogP contribution < -0.4 is 0 Å².